The van der Waals surface area contributed by atoms with Crippen molar-refractivity contribution in [2.24, 2.45) is 0 Å². The number of hydrogen-bond acceptors (Lipinski definition) is 6. The summed E-state index contributed by atoms with van der Waals surface area (Å²) in [5, 5.41) is 4.10. The normalized spacial score (nSPS) is 16.0. The molecular weight excluding hydrogens is 371 g/mol. The molecule has 0 bridgehead atoms. The number of carbonyl (C=O) groups is 1. The van der Waals surface area contributed by atoms with E-state index in [9.17, 15) is 9.18 Å². The van der Waals surface area contributed by atoms with Gasteiger partial charge in [-0.3, -0.25) is 9.69 Å². The van der Waals surface area contributed by atoms with Crippen LogP contribution >= 0.6 is 0 Å². The summed E-state index contributed by atoms with van der Waals surface area (Å²) < 4.78 is 19.9. The van der Waals surface area contributed by atoms with Crippen LogP contribution in [0.1, 0.15) is 36.1 Å². The quantitative estimate of drug-likeness (QED) is 0.611. The van der Waals surface area contributed by atoms with Gasteiger partial charge in [0.1, 0.15) is 5.82 Å². The summed E-state index contributed by atoms with van der Waals surface area (Å²) in [5.74, 6) is 0.667. The SMILES string of the molecule is CC(=O)c1ccc(N2CCN(C(C)c3nc(-c4ccccc4)no3)CC2)c(F)c1. The molecule has 2 heterocycles. The van der Waals surface area contributed by atoms with Crippen molar-refractivity contribution in [3.63, 3.8) is 0 Å². The second-order valence-corrected chi connectivity index (χ2v) is 7.24. The lowest BCUT2D eigenvalue weighted by Crippen LogP contribution is -2.47. The van der Waals surface area contributed by atoms with Gasteiger partial charge in [0.05, 0.1) is 11.7 Å². The van der Waals surface area contributed by atoms with Crippen LogP contribution in [-0.4, -0.2) is 47.0 Å². The lowest BCUT2D eigenvalue weighted by Gasteiger charge is -2.38. The molecule has 4 rings (SSSR count). The molecule has 0 aliphatic carbocycles. The number of halogens is 1. The number of aromatic nitrogens is 2. The number of hydrogen-bond donors (Lipinski definition) is 0. The van der Waals surface area contributed by atoms with E-state index >= 15 is 0 Å². The second-order valence-electron chi connectivity index (χ2n) is 7.24. The smallest absolute Gasteiger partial charge is 0.244 e. The highest BCUT2D eigenvalue weighted by Gasteiger charge is 2.27. The van der Waals surface area contributed by atoms with E-state index in [4.69, 9.17) is 4.52 Å². The zero-order valence-electron chi connectivity index (χ0n) is 16.5. The molecule has 1 aromatic heterocycles. The number of benzene rings is 2. The standard InChI is InChI=1S/C22H23FN4O2/c1-15(22-24-21(25-29-22)17-6-4-3-5-7-17)26-10-12-27(13-11-26)20-9-8-18(16(2)28)14-19(20)23/h3-9,14-15H,10-13H2,1-2H3. The van der Waals surface area contributed by atoms with E-state index in [2.05, 4.69) is 15.0 Å². The van der Waals surface area contributed by atoms with E-state index < -0.39 is 0 Å². The summed E-state index contributed by atoms with van der Waals surface area (Å²) in [6.07, 6.45) is 0. The molecule has 1 aliphatic rings. The summed E-state index contributed by atoms with van der Waals surface area (Å²) in [4.78, 5) is 20.2. The molecule has 1 fully saturated rings. The summed E-state index contributed by atoms with van der Waals surface area (Å²) in [6, 6.07) is 14.4. The minimum absolute atomic E-state index is 0.0213. The van der Waals surface area contributed by atoms with Crippen molar-refractivity contribution in [2.45, 2.75) is 19.9 Å². The Morgan fingerprint density at radius 2 is 1.83 bits per heavy atom. The molecule has 29 heavy (non-hydrogen) atoms. The van der Waals surface area contributed by atoms with Gasteiger partial charge in [0.25, 0.3) is 0 Å². The highest BCUT2D eigenvalue weighted by Crippen LogP contribution is 2.26. The summed E-state index contributed by atoms with van der Waals surface area (Å²) >= 11 is 0. The molecule has 0 saturated carbocycles. The largest absolute Gasteiger partial charge is 0.367 e. The molecule has 6 nitrogen and oxygen atoms in total. The Labute approximate surface area is 168 Å². The number of ketones is 1. The van der Waals surface area contributed by atoms with Crippen LogP contribution in [0.15, 0.2) is 53.1 Å². The Morgan fingerprint density at radius 1 is 1.10 bits per heavy atom. The van der Waals surface area contributed by atoms with Gasteiger partial charge >= 0.3 is 0 Å². The zero-order chi connectivity index (χ0) is 20.4. The summed E-state index contributed by atoms with van der Waals surface area (Å²) in [6.45, 7) is 6.34. The number of carbonyl (C=O) groups excluding carboxylic acids is 1. The minimum atomic E-state index is -0.358. The van der Waals surface area contributed by atoms with Gasteiger partial charge in [-0.05, 0) is 32.0 Å². The number of nitrogens with zero attached hydrogens (tertiary/aromatic N) is 4. The first kappa shape index (κ1) is 19.3. The molecule has 0 radical (unpaired) electrons. The molecule has 0 amide bonds. The van der Waals surface area contributed by atoms with Crippen LogP contribution in [0.5, 0.6) is 0 Å². The Bertz CT molecular complexity index is 997. The van der Waals surface area contributed by atoms with Gasteiger partial charge in [0.15, 0.2) is 5.78 Å². The zero-order valence-corrected chi connectivity index (χ0v) is 16.5. The first-order valence-corrected chi connectivity index (χ1v) is 9.71. The molecule has 3 aromatic rings. The third-order valence-corrected chi connectivity index (χ3v) is 5.39. The van der Waals surface area contributed by atoms with Crippen molar-refractivity contribution < 1.29 is 13.7 Å². The molecular formula is C22H23FN4O2. The highest BCUT2D eigenvalue weighted by atomic mass is 19.1. The first-order valence-electron chi connectivity index (χ1n) is 9.71. The van der Waals surface area contributed by atoms with Gasteiger partial charge in [-0.1, -0.05) is 35.5 Å². The van der Waals surface area contributed by atoms with E-state index in [1.165, 1.54) is 13.0 Å². The van der Waals surface area contributed by atoms with Gasteiger partial charge in [-0.25, -0.2) is 4.39 Å². The van der Waals surface area contributed by atoms with Crippen LogP contribution in [0.2, 0.25) is 0 Å². The lowest BCUT2D eigenvalue weighted by atomic mass is 10.1. The Hall–Kier alpha value is -3.06. The predicted octanol–water partition coefficient (Wildman–Crippen LogP) is 3.96. The maximum absolute atomic E-state index is 14.4. The minimum Gasteiger partial charge on any atom is -0.367 e. The number of piperazine rings is 1. The molecule has 1 aliphatic heterocycles. The molecule has 1 atom stereocenters. The van der Waals surface area contributed by atoms with E-state index in [0.717, 1.165) is 18.7 Å². The van der Waals surface area contributed by atoms with Crippen molar-refractivity contribution in [1.82, 2.24) is 15.0 Å². The first-order chi connectivity index (χ1) is 14.0. The van der Waals surface area contributed by atoms with Gasteiger partial charge in [0.2, 0.25) is 11.7 Å². The molecule has 2 aromatic carbocycles. The molecule has 0 spiro atoms. The van der Waals surface area contributed by atoms with Crippen molar-refractivity contribution in [2.75, 3.05) is 31.1 Å². The molecule has 150 valence electrons. The molecule has 1 saturated heterocycles. The fourth-order valence-electron chi connectivity index (χ4n) is 3.60. The Balaban J connectivity index is 1.41. The average Bonchev–Trinajstić information content (AvgIpc) is 3.24. The maximum Gasteiger partial charge on any atom is 0.244 e. The fourth-order valence-corrected chi connectivity index (χ4v) is 3.60. The van der Waals surface area contributed by atoms with E-state index in [-0.39, 0.29) is 17.6 Å². The van der Waals surface area contributed by atoms with Gasteiger partial charge in [0, 0.05) is 37.3 Å². The van der Waals surface area contributed by atoms with Crippen molar-refractivity contribution in [1.29, 1.82) is 0 Å². The monoisotopic (exact) mass is 394 g/mol. The van der Waals surface area contributed by atoms with E-state index in [1.54, 1.807) is 12.1 Å². The maximum atomic E-state index is 14.4. The third kappa shape index (κ3) is 4.05. The number of anilines is 1. The highest BCUT2D eigenvalue weighted by molar-refractivity contribution is 5.94. The van der Waals surface area contributed by atoms with Gasteiger partial charge in [-0.2, -0.15) is 4.98 Å². The van der Waals surface area contributed by atoms with Crippen molar-refractivity contribution >= 4 is 11.5 Å². The van der Waals surface area contributed by atoms with Crippen molar-refractivity contribution in [3.05, 3.63) is 65.8 Å². The number of rotatable bonds is 5. The average molecular weight is 394 g/mol. The molecule has 0 N–H and O–H groups in total. The van der Waals surface area contributed by atoms with Crippen LogP contribution in [0.25, 0.3) is 11.4 Å². The topological polar surface area (TPSA) is 62.5 Å². The molecule has 7 heteroatoms. The van der Waals surface area contributed by atoms with Gasteiger partial charge in [-0.15, -0.1) is 0 Å². The van der Waals surface area contributed by atoms with Crippen LogP contribution < -0.4 is 4.90 Å². The lowest BCUT2D eigenvalue weighted by molar-refractivity contribution is 0.101. The van der Waals surface area contributed by atoms with E-state index in [1.807, 2.05) is 42.2 Å². The van der Waals surface area contributed by atoms with Crippen LogP contribution in [0, 0.1) is 5.82 Å². The second kappa shape index (κ2) is 8.13. The molecule has 1 unspecified atom stereocenters. The Kier molecular flexibility index (Phi) is 5.40. The van der Waals surface area contributed by atoms with Crippen LogP contribution in [-0.2, 0) is 0 Å². The van der Waals surface area contributed by atoms with Crippen LogP contribution in [0.3, 0.4) is 0 Å². The fraction of sp³-hybridized carbons (Fsp3) is 0.318. The van der Waals surface area contributed by atoms with Gasteiger partial charge < -0.3 is 9.42 Å². The predicted molar refractivity (Wildman–Crippen MR) is 108 cm³/mol. The Morgan fingerprint density at radius 3 is 2.48 bits per heavy atom. The van der Waals surface area contributed by atoms with Crippen LogP contribution in [0.4, 0.5) is 10.1 Å². The number of Topliss-reactive ketones (excluding diaryl/α,β-unsaturated/α-hetero) is 1. The summed E-state index contributed by atoms with van der Waals surface area (Å²) in [5.41, 5.74) is 1.85. The van der Waals surface area contributed by atoms with Crippen molar-refractivity contribution in [3.8, 4) is 11.4 Å². The van der Waals surface area contributed by atoms with E-state index in [0.29, 0.717) is 36.1 Å². The summed E-state index contributed by atoms with van der Waals surface area (Å²) in [7, 11) is 0. The third-order valence-electron chi connectivity index (χ3n) is 5.39.